The van der Waals surface area contributed by atoms with Gasteiger partial charge in [-0.15, -0.1) is 0 Å². The summed E-state index contributed by atoms with van der Waals surface area (Å²) in [6, 6.07) is 7.92. The fourth-order valence-electron chi connectivity index (χ4n) is 3.33. The number of carbonyl (C=O) groups is 1. The molecule has 0 aromatic heterocycles. The Bertz CT molecular complexity index is 632. The van der Waals surface area contributed by atoms with Crippen molar-refractivity contribution in [3.63, 3.8) is 0 Å². The lowest BCUT2D eigenvalue weighted by Gasteiger charge is -2.35. The average molecular weight is 340 g/mol. The van der Waals surface area contributed by atoms with Crippen molar-refractivity contribution in [2.75, 3.05) is 0 Å². The van der Waals surface area contributed by atoms with Crippen LogP contribution in [0.4, 0.5) is 0 Å². The first-order valence-electron chi connectivity index (χ1n) is 9.04. The van der Waals surface area contributed by atoms with Crippen LogP contribution in [0.15, 0.2) is 60.7 Å². The summed E-state index contributed by atoms with van der Waals surface area (Å²) in [7, 11) is 0. The van der Waals surface area contributed by atoms with Crippen LogP contribution in [-0.2, 0) is 10.2 Å². The van der Waals surface area contributed by atoms with Crippen LogP contribution in [0, 0.1) is 0 Å². The molecule has 25 heavy (non-hydrogen) atoms. The van der Waals surface area contributed by atoms with Crippen molar-refractivity contribution in [3.05, 3.63) is 66.3 Å². The number of carboxylic acid groups (broad SMARTS) is 1. The SMILES string of the molecule is C\C=C/C=C\C=C\C1(c2ccc(OC(C)C(=O)O)cc2)CCCCC1. The molecule has 0 spiro atoms. The molecule has 1 aromatic rings. The molecule has 3 heteroatoms. The molecular formula is C22H28O3. The van der Waals surface area contributed by atoms with Crippen LogP contribution in [0.2, 0.25) is 0 Å². The number of allylic oxidation sites excluding steroid dienone is 6. The molecule has 3 nitrogen and oxygen atoms in total. The molecule has 0 radical (unpaired) electrons. The van der Waals surface area contributed by atoms with E-state index >= 15 is 0 Å². The van der Waals surface area contributed by atoms with Gasteiger partial charge < -0.3 is 9.84 Å². The number of hydrogen-bond donors (Lipinski definition) is 1. The van der Waals surface area contributed by atoms with E-state index in [4.69, 9.17) is 9.84 Å². The van der Waals surface area contributed by atoms with Gasteiger partial charge >= 0.3 is 5.97 Å². The van der Waals surface area contributed by atoms with Gasteiger partial charge in [-0.25, -0.2) is 4.79 Å². The lowest BCUT2D eigenvalue weighted by Crippen LogP contribution is -2.26. The minimum absolute atomic E-state index is 0.0649. The van der Waals surface area contributed by atoms with Crippen molar-refractivity contribution in [2.45, 2.75) is 57.5 Å². The van der Waals surface area contributed by atoms with E-state index in [0.29, 0.717) is 5.75 Å². The summed E-state index contributed by atoms with van der Waals surface area (Å²) in [6.07, 6.45) is 17.8. The summed E-state index contributed by atoms with van der Waals surface area (Å²) < 4.78 is 5.44. The smallest absolute Gasteiger partial charge is 0.344 e. The third kappa shape index (κ3) is 5.35. The molecule has 0 saturated heterocycles. The van der Waals surface area contributed by atoms with Gasteiger partial charge in [-0.3, -0.25) is 0 Å². The minimum atomic E-state index is -0.955. The summed E-state index contributed by atoms with van der Waals surface area (Å²) in [5, 5.41) is 8.96. The Morgan fingerprint density at radius 2 is 1.72 bits per heavy atom. The van der Waals surface area contributed by atoms with Gasteiger partial charge in [0, 0.05) is 5.41 Å². The van der Waals surface area contributed by atoms with E-state index in [9.17, 15) is 4.79 Å². The van der Waals surface area contributed by atoms with Crippen molar-refractivity contribution in [1.29, 1.82) is 0 Å². The molecule has 1 aliphatic rings. The highest BCUT2D eigenvalue weighted by Gasteiger charge is 2.31. The molecule has 1 saturated carbocycles. The monoisotopic (exact) mass is 340 g/mol. The Hall–Kier alpha value is -2.29. The Labute approximate surface area is 150 Å². The predicted molar refractivity (Wildman–Crippen MR) is 102 cm³/mol. The largest absolute Gasteiger partial charge is 0.479 e. The Morgan fingerprint density at radius 1 is 1.08 bits per heavy atom. The van der Waals surface area contributed by atoms with E-state index in [1.807, 2.05) is 37.3 Å². The first-order chi connectivity index (χ1) is 12.1. The highest BCUT2D eigenvalue weighted by molar-refractivity contribution is 5.72. The molecule has 0 heterocycles. The first-order valence-corrected chi connectivity index (χ1v) is 9.04. The molecular weight excluding hydrogens is 312 g/mol. The van der Waals surface area contributed by atoms with Gasteiger partial charge in [0.1, 0.15) is 5.75 Å². The number of rotatable bonds is 7. The summed E-state index contributed by atoms with van der Waals surface area (Å²) in [5.41, 5.74) is 1.34. The zero-order valence-electron chi connectivity index (χ0n) is 15.2. The maximum Gasteiger partial charge on any atom is 0.344 e. The molecule has 134 valence electrons. The fourth-order valence-corrected chi connectivity index (χ4v) is 3.33. The predicted octanol–water partition coefficient (Wildman–Crippen LogP) is 5.43. The zero-order valence-corrected chi connectivity index (χ0v) is 15.2. The van der Waals surface area contributed by atoms with Crippen molar-refractivity contribution in [1.82, 2.24) is 0 Å². The summed E-state index contributed by atoms with van der Waals surface area (Å²) in [6.45, 7) is 3.55. The molecule has 0 aliphatic heterocycles. The van der Waals surface area contributed by atoms with Crippen molar-refractivity contribution in [3.8, 4) is 5.75 Å². The molecule has 1 fully saturated rings. The minimum Gasteiger partial charge on any atom is -0.479 e. The maximum absolute atomic E-state index is 10.9. The summed E-state index contributed by atoms with van der Waals surface area (Å²) in [4.78, 5) is 10.9. The van der Waals surface area contributed by atoms with Crippen LogP contribution in [-0.4, -0.2) is 17.2 Å². The van der Waals surface area contributed by atoms with Crippen LogP contribution >= 0.6 is 0 Å². The van der Waals surface area contributed by atoms with E-state index in [0.717, 1.165) is 12.8 Å². The van der Waals surface area contributed by atoms with Gasteiger partial charge in [0.25, 0.3) is 0 Å². The third-order valence-corrected chi connectivity index (χ3v) is 4.78. The number of ether oxygens (including phenoxy) is 1. The van der Waals surface area contributed by atoms with Gasteiger partial charge in [-0.1, -0.05) is 67.9 Å². The van der Waals surface area contributed by atoms with Gasteiger partial charge in [-0.2, -0.15) is 0 Å². The Morgan fingerprint density at radius 3 is 2.32 bits per heavy atom. The fraction of sp³-hybridized carbons (Fsp3) is 0.409. The number of carboxylic acids is 1. The number of aliphatic carboxylic acids is 1. The topological polar surface area (TPSA) is 46.5 Å². The second-order valence-corrected chi connectivity index (χ2v) is 6.61. The molecule has 1 atom stereocenters. The molecule has 1 aliphatic carbocycles. The molecule has 0 bridgehead atoms. The van der Waals surface area contributed by atoms with Gasteiger partial charge in [0.05, 0.1) is 0 Å². The lowest BCUT2D eigenvalue weighted by atomic mass is 9.69. The quantitative estimate of drug-likeness (QED) is 0.673. The molecule has 0 amide bonds. The van der Waals surface area contributed by atoms with Crippen molar-refractivity contribution in [2.24, 2.45) is 0 Å². The second-order valence-electron chi connectivity index (χ2n) is 6.61. The zero-order chi connectivity index (χ0) is 18.1. The lowest BCUT2D eigenvalue weighted by molar-refractivity contribution is -0.144. The molecule has 1 N–H and O–H groups in total. The van der Waals surface area contributed by atoms with Gasteiger partial charge in [0.2, 0.25) is 0 Å². The van der Waals surface area contributed by atoms with E-state index in [2.05, 4.69) is 30.4 Å². The Balaban J connectivity index is 2.18. The molecule has 1 unspecified atom stereocenters. The normalized spacial score (nSPS) is 18.8. The molecule has 2 rings (SSSR count). The standard InChI is InChI=1S/C22H28O3/c1-3-4-5-6-8-15-22(16-9-7-10-17-22)19-11-13-20(14-12-19)25-18(2)21(23)24/h3-6,8,11-15,18H,7,9-10,16-17H2,1-2H3,(H,23,24)/b4-3-,6-5-,15-8+. The van der Waals surface area contributed by atoms with E-state index < -0.39 is 12.1 Å². The first kappa shape index (κ1) is 19.0. The second kappa shape index (κ2) is 9.26. The third-order valence-electron chi connectivity index (χ3n) is 4.78. The summed E-state index contributed by atoms with van der Waals surface area (Å²) in [5.74, 6) is -0.356. The van der Waals surface area contributed by atoms with E-state index in [-0.39, 0.29) is 5.41 Å². The van der Waals surface area contributed by atoms with Crippen molar-refractivity contribution >= 4 is 5.97 Å². The van der Waals surface area contributed by atoms with Gasteiger partial charge in [-0.05, 0) is 44.4 Å². The average Bonchev–Trinajstić information content (AvgIpc) is 2.63. The van der Waals surface area contributed by atoms with Crippen LogP contribution in [0.25, 0.3) is 0 Å². The van der Waals surface area contributed by atoms with Crippen LogP contribution in [0.3, 0.4) is 0 Å². The summed E-state index contributed by atoms with van der Waals surface area (Å²) >= 11 is 0. The maximum atomic E-state index is 10.9. The van der Waals surface area contributed by atoms with E-state index in [1.165, 1.54) is 24.8 Å². The van der Waals surface area contributed by atoms with Crippen LogP contribution in [0.1, 0.15) is 51.5 Å². The van der Waals surface area contributed by atoms with Crippen LogP contribution < -0.4 is 4.74 Å². The van der Waals surface area contributed by atoms with Crippen LogP contribution in [0.5, 0.6) is 5.75 Å². The number of benzene rings is 1. The highest BCUT2D eigenvalue weighted by Crippen LogP contribution is 2.41. The highest BCUT2D eigenvalue weighted by atomic mass is 16.5. The number of hydrogen-bond acceptors (Lipinski definition) is 2. The van der Waals surface area contributed by atoms with Crippen molar-refractivity contribution < 1.29 is 14.6 Å². The Kier molecular flexibility index (Phi) is 7.05. The molecule has 1 aromatic carbocycles. The van der Waals surface area contributed by atoms with E-state index in [1.54, 1.807) is 6.92 Å². The van der Waals surface area contributed by atoms with Gasteiger partial charge in [0.15, 0.2) is 6.10 Å².